The summed E-state index contributed by atoms with van der Waals surface area (Å²) in [5, 5.41) is 14.1. The van der Waals surface area contributed by atoms with Crippen molar-refractivity contribution < 1.29 is 4.92 Å². The molecule has 1 N–H and O–H groups in total. The Morgan fingerprint density at radius 3 is 2.65 bits per heavy atom. The number of hydrogen-bond donors (Lipinski definition) is 1. The van der Waals surface area contributed by atoms with Gasteiger partial charge in [-0.05, 0) is 26.1 Å². The van der Waals surface area contributed by atoms with Gasteiger partial charge in [-0.15, -0.1) is 0 Å². The molecule has 110 valence electrons. The summed E-state index contributed by atoms with van der Waals surface area (Å²) in [6, 6.07) is 3.53. The minimum absolute atomic E-state index is 0.0654. The maximum Gasteiger partial charge on any atom is 0.311 e. The second kappa shape index (κ2) is 5.62. The molecular formula is C13H21N5O2. The predicted molar refractivity (Wildman–Crippen MR) is 79.3 cm³/mol. The van der Waals surface area contributed by atoms with Gasteiger partial charge in [0, 0.05) is 32.2 Å². The van der Waals surface area contributed by atoms with Crippen LogP contribution < -0.4 is 10.2 Å². The van der Waals surface area contributed by atoms with E-state index in [1.165, 1.54) is 6.07 Å². The molecule has 2 heterocycles. The van der Waals surface area contributed by atoms with Crippen molar-refractivity contribution in [2.75, 3.05) is 44.4 Å². The molecule has 0 saturated carbocycles. The van der Waals surface area contributed by atoms with Gasteiger partial charge in [-0.1, -0.05) is 6.92 Å². The van der Waals surface area contributed by atoms with Gasteiger partial charge >= 0.3 is 5.69 Å². The average Bonchev–Trinajstić information content (AvgIpc) is 2.80. The molecular weight excluding hydrogens is 258 g/mol. The maximum atomic E-state index is 11.2. The van der Waals surface area contributed by atoms with Crippen molar-refractivity contribution in [3.63, 3.8) is 0 Å². The van der Waals surface area contributed by atoms with Crippen LogP contribution in [0.2, 0.25) is 0 Å². The topological polar surface area (TPSA) is 74.5 Å². The van der Waals surface area contributed by atoms with Crippen LogP contribution in [-0.2, 0) is 0 Å². The Balaban J connectivity index is 2.34. The lowest BCUT2D eigenvalue weighted by molar-refractivity contribution is -0.384. The molecule has 1 aliphatic rings. The van der Waals surface area contributed by atoms with Crippen LogP contribution in [0.5, 0.6) is 0 Å². The third-order valence-corrected chi connectivity index (χ3v) is 3.84. The first-order chi connectivity index (χ1) is 9.43. The predicted octanol–water partition coefficient (Wildman–Crippen LogP) is 1.42. The Hall–Kier alpha value is -1.89. The Morgan fingerprint density at radius 2 is 2.15 bits per heavy atom. The van der Waals surface area contributed by atoms with Gasteiger partial charge in [-0.25, -0.2) is 4.98 Å². The molecule has 1 aliphatic heterocycles. The number of aromatic nitrogens is 1. The molecule has 0 amide bonds. The zero-order chi connectivity index (χ0) is 14.9. The van der Waals surface area contributed by atoms with Gasteiger partial charge in [-0.3, -0.25) is 10.1 Å². The maximum absolute atomic E-state index is 11.2. The van der Waals surface area contributed by atoms with E-state index in [4.69, 9.17) is 0 Å². The molecule has 0 bridgehead atoms. The first kappa shape index (κ1) is 14.5. The fourth-order valence-corrected chi connectivity index (χ4v) is 2.75. The normalized spacial score (nSPS) is 22.4. The second-order valence-corrected chi connectivity index (χ2v) is 5.46. The second-order valence-electron chi connectivity index (χ2n) is 5.46. The van der Waals surface area contributed by atoms with Crippen LogP contribution in [0.3, 0.4) is 0 Å². The van der Waals surface area contributed by atoms with Gasteiger partial charge in [0.2, 0.25) is 5.82 Å². The molecule has 1 fully saturated rings. The molecule has 2 unspecified atom stereocenters. The minimum atomic E-state index is -0.366. The summed E-state index contributed by atoms with van der Waals surface area (Å²) >= 11 is 0. The third-order valence-electron chi connectivity index (χ3n) is 3.84. The molecule has 20 heavy (non-hydrogen) atoms. The molecule has 7 nitrogen and oxygen atoms in total. The van der Waals surface area contributed by atoms with E-state index >= 15 is 0 Å². The van der Waals surface area contributed by atoms with Crippen LogP contribution >= 0.6 is 0 Å². The lowest BCUT2D eigenvalue weighted by Crippen LogP contribution is -2.34. The lowest BCUT2D eigenvalue weighted by atomic mass is 10.1. The van der Waals surface area contributed by atoms with Crippen molar-refractivity contribution in [3.05, 3.63) is 22.2 Å². The molecule has 1 aromatic heterocycles. The summed E-state index contributed by atoms with van der Waals surface area (Å²) in [7, 11) is 5.83. The van der Waals surface area contributed by atoms with Gasteiger partial charge in [0.25, 0.3) is 0 Å². The van der Waals surface area contributed by atoms with E-state index in [-0.39, 0.29) is 10.6 Å². The van der Waals surface area contributed by atoms with Crippen LogP contribution in [0.4, 0.5) is 17.3 Å². The molecule has 2 atom stereocenters. The average molecular weight is 279 g/mol. The van der Waals surface area contributed by atoms with Crippen molar-refractivity contribution in [2.45, 2.75) is 13.0 Å². The van der Waals surface area contributed by atoms with Crippen molar-refractivity contribution >= 4 is 17.3 Å². The van der Waals surface area contributed by atoms with Crippen molar-refractivity contribution in [2.24, 2.45) is 5.92 Å². The summed E-state index contributed by atoms with van der Waals surface area (Å²) in [6.07, 6.45) is 0. The number of rotatable bonds is 4. The van der Waals surface area contributed by atoms with E-state index in [1.54, 1.807) is 13.1 Å². The number of pyridine rings is 1. The fraction of sp³-hybridized carbons (Fsp3) is 0.615. The number of hydrogen-bond acceptors (Lipinski definition) is 6. The first-order valence-corrected chi connectivity index (χ1v) is 6.68. The molecule has 2 rings (SSSR count). The highest BCUT2D eigenvalue weighted by molar-refractivity contribution is 5.62. The molecule has 0 aliphatic carbocycles. The molecule has 0 spiro atoms. The van der Waals surface area contributed by atoms with Crippen molar-refractivity contribution in [1.82, 2.24) is 9.88 Å². The van der Waals surface area contributed by atoms with E-state index in [1.807, 2.05) is 19.0 Å². The van der Waals surface area contributed by atoms with E-state index in [0.29, 0.717) is 23.6 Å². The Morgan fingerprint density at radius 1 is 1.45 bits per heavy atom. The number of nitrogens with zero attached hydrogens (tertiary/aromatic N) is 4. The van der Waals surface area contributed by atoms with Gasteiger partial charge < -0.3 is 15.1 Å². The SMILES string of the molecule is CNc1ccc([N+](=O)[O-])c(N2CC(C)C(N(C)C)C2)n1. The van der Waals surface area contributed by atoms with Gasteiger partial charge in [0.15, 0.2) is 0 Å². The summed E-state index contributed by atoms with van der Waals surface area (Å²) in [4.78, 5) is 19.4. The zero-order valence-electron chi connectivity index (χ0n) is 12.3. The van der Waals surface area contributed by atoms with E-state index in [2.05, 4.69) is 22.1 Å². The highest BCUT2D eigenvalue weighted by Crippen LogP contribution is 2.32. The largest absolute Gasteiger partial charge is 0.373 e. The van der Waals surface area contributed by atoms with Gasteiger partial charge in [-0.2, -0.15) is 0 Å². The summed E-state index contributed by atoms with van der Waals surface area (Å²) < 4.78 is 0. The van der Waals surface area contributed by atoms with Gasteiger partial charge in [0.05, 0.1) is 4.92 Å². The molecule has 1 saturated heterocycles. The third kappa shape index (κ3) is 2.67. The van der Waals surface area contributed by atoms with Crippen LogP contribution in [0, 0.1) is 16.0 Å². The number of nitro groups is 1. The van der Waals surface area contributed by atoms with Crippen molar-refractivity contribution in [3.8, 4) is 0 Å². The van der Waals surface area contributed by atoms with E-state index in [9.17, 15) is 10.1 Å². The van der Waals surface area contributed by atoms with E-state index < -0.39 is 0 Å². The molecule has 7 heteroatoms. The van der Waals surface area contributed by atoms with Crippen LogP contribution in [0.1, 0.15) is 6.92 Å². The Kier molecular flexibility index (Phi) is 4.08. The monoisotopic (exact) mass is 279 g/mol. The molecule has 1 aromatic rings. The Bertz CT molecular complexity index is 506. The summed E-state index contributed by atoms with van der Waals surface area (Å²) in [5.41, 5.74) is 0.0654. The summed E-state index contributed by atoms with van der Waals surface area (Å²) in [5.74, 6) is 1.55. The number of likely N-dealkylation sites (N-methyl/N-ethyl adjacent to an activating group) is 1. The lowest BCUT2D eigenvalue weighted by Gasteiger charge is -2.22. The highest BCUT2D eigenvalue weighted by Gasteiger charge is 2.34. The van der Waals surface area contributed by atoms with Crippen LogP contribution in [0.15, 0.2) is 12.1 Å². The number of anilines is 2. The summed E-state index contributed by atoms with van der Waals surface area (Å²) in [6.45, 7) is 3.71. The van der Waals surface area contributed by atoms with Gasteiger partial charge in [0.1, 0.15) is 5.82 Å². The molecule has 0 radical (unpaired) electrons. The molecule has 0 aromatic carbocycles. The highest BCUT2D eigenvalue weighted by atomic mass is 16.6. The number of nitrogens with one attached hydrogen (secondary N) is 1. The smallest absolute Gasteiger partial charge is 0.311 e. The fourth-order valence-electron chi connectivity index (χ4n) is 2.75. The van der Waals surface area contributed by atoms with Crippen molar-refractivity contribution in [1.29, 1.82) is 0 Å². The van der Waals surface area contributed by atoms with Crippen LogP contribution in [0.25, 0.3) is 0 Å². The first-order valence-electron chi connectivity index (χ1n) is 6.68. The zero-order valence-corrected chi connectivity index (χ0v) is 12.3. The van der Waals surface area contributed by atoms with Crippen LogP contribution in [-0.4, -0.2) is 55.1 Å². The quantitative estimate of drug-likeness (QED) is 0.663. The standard InChI is InChI=1S/C13H21N5O2/c1-9-7-17(8-11(9)16(3)4)13-10(18(19)20)5-6-12(14-2)15-13/h5-6,9,11H,7-8H2,1-4H3,(H,14,15). The minimum Gasteiger partial charge on any atom is -0.373 e. The van der Waals surface area contributed by atoms with E-state index in [0.717, 1.165) is 13.1 Å². The Labute approximate surface area is 118 Å².